The summed E-state index contributed by atoms with van der Waals surface area (Å²) in [6.07, 6.45) is 2.53. The molecular formula is C12H16N2O3. The lowest BCUT2D eigenvalue weighted by atomic mass is 10.2. The number of nitrogens with one attached hydrogen (secondary N) is 1. The van der Waals surface area contributed by atoms with E-state index in [-0.39, 0.29) is 10.6 Å². The summed E-state index contributed by atoms with van der Waals surface area (Å²) in [5.74, 6) is 0. The van der Waals surface area contributed by atoms with Crippen LogP contribution in [0.3, 0.4) is 0 Å². The van der Waals surface area contributed by atoms with Gasteiger partial charge in [-0.05, 0) is 18.4 Å². The van der Waals surface area contributed by atoms with Crippen molar-refractivity contribution in [2.24, 2.45) is 0 Å². The molecule has 0 bridgehead atoms. The van der Waals surface area contributed by atoms with Crippen LogP contribution in [0.4, 0.5) is 5.69 Å². The van der Waals surface area contributed by atoms with E-state index in [1.807, 2.05) is 6.07 Å². The Bertz CT molecular complexity index is 389. The van der Waals surface area contributed by atoms with Crippen LogP contribution in [0, 0.1) is 10.1 Å². The van der Waals surface area contributed by atoms with Crippen LogP contribution in [0.2, 0.25) is 0 Å². The smallest absolute Gasteiger partial charge is 0.269 e. The molecule has 17 heavy (non-hydrogen) atoms. The molecule has 1 aromatic carbocycles. The highest BCUT2D eigenvalue weighted by Crippen LogP contribution is 2.14. The molecule has 2 rings (SSSR count). The van der Waals surface area contributed by atoms with Gasteiger partial charge in [0.25, 0.3) is 5.69 Å². The summed E-state index contributed by atoms with van der Waals surface area (Å²) in [7, 11) is 0. The molecule has 0 saturated carbocycles. The highest BCUT2D eigenvalue weighted by molar-refractivity contribution is 5.34. The second-order valence-electron chi connectivity index (χ2n) is 4.19. The molecule has 1 N–H and O–H groups in total. The first-order chi connectivity index (χ1) is 8.25. The van der Waals surface area contributed by atoms with Gasteiger partial charge in [0.1, 0.15) is 0 Å². The van der Waals surface area contributed by atoms with E-state index >= 15 is 0 Å². The second kappa shape index (κ2) is 5.75. The number of rotatable bonds is 5. The minimum atomic E-state index is -0.371. The van der Waals surface area contributed by atoms with Gasteiger partial charge in [-0.2, -0.15) is 0 Å². The second-order valence-corrected chi connectivity index (χ2v) is 4.19. The van der Waals surface area contributed by atoms with Crippen molar-refractivity contribution >= 4 is 5.69 Å². The Morgan fingerprint density at radius 2 is 2.41 bits per heavy atom. The molecule has 1 aromatic rings. The minimum absolute atomic E-state index is 0.140. The summed E-state index contributed by atoms with van der Waals surface area (Å²) < 4.78 is 5.48. The third kappa shape index (κ3) is 3.51. The molecule has 0 unspecified atom stereocenters. The van der Waals surface area contributed by atoms with Gasteiger partial charge in [-0.15, -0.1) is 0 Å². The molecule has 0 radical (unpaired) electrons. The van der Waals surface area contributed by atoms with Gasteiger partial charge in [0.15, 0.2) is 0 Å². The first-order valence-electron chi connectivity index (χ1n) is 5.81. The van der Waals surface area contributed by atoms with Gasteiger partial charge in [0.05, 0.1) is 11.0 Å². The molecule has 5 nitrogen and oxygen atoms in total. The number of ether oxygens (including phenoxy) is 1. The average Bonchev–Trinajstić information content (AvgIpc) is 2.82. The van der Waals surface area contributed by atoms with Gasteiger partial charge in [-0.25, -0.2) is 0 Å². The summed E-state index contributed by atoms with van der Waals surface area (Å²) >= 11 is 0. The van der Waals surface area contributed by atoms with Gasteiger partial charge in [0.2, 0.25) is 0 Å². The molecule has 1 fully saturated rings. The predicted molar refractivity (Wildman–Crippen MR) is 63.8 cm³/mol. The van der Waals surface area contributed by atoms with Crippen LogP contribution < -0.4 is 5.32 Å². The Kier molecular flexibility index (Phi) is 4.06. The zero-order valence-corrected chi connectivity index (χ0v) is 9.59. The number of non-ortho nitro benzene ring substituents is 1. The first kappa shape index (κ1) is 12.0. The van der Waals surface area contributed by atoms with E-state index in [9.17, 15) is 10.1 Å². The number of benzene rings is 1. The van der Waals surface area contributed by atoms with E-state index in [0.29, 0.717) is 12.6 Å². The third-order valence-corrected chi connectivity index (χ3v) is 2.85. The molecule has 5 heteroatoms. The van der Waals surface area contributed by atoms with E-state index in [1.165, 1.54) is 6.07 Å². The molecular weight excluding hydrogens is 220 g/mol. The lowest BCUT2D eigenvalue weighted by Crippen LogP contribution is -2.25. The third-order valence-electron chi connectivity index (χ3n) is 2.85. The zero-order valence-electron chi connectivity index (χ0n) is 9.59. The quantitative estimate of drug-likeness (QED) is 0.626. The lowest BCUT2D eigenvalue weighted by molar-refractivity contribution is -0.384. The van der Waals surface area contributed by atoms with Crippen LogP contribution in [-0.4, -0.2) is 24.2 Å². The van der Waals surface area contributed by atoms with E-state index in [2.05, 4.69) is 5.32 Å². The number of hydrogen-bond acceptors (Lipinski definition) is 4. The van der Waals surface area contributed by atoms with Gasteiger partial charge in [-0.3, -0.25) is 10.1 Å². The van der Waals surface area contributed by atoms with Crippen LogP contribution >= 0.6 is 0 Å². The topological polar surface area (TPSA) is 64.4 Å². The van der Waals surface area contributed by atoms with Crippen molar-refractivity contribution in [3.05, 3.63) is 39.9 Å². The van der Waals surface area contributed by atoms with Gasteiger partial charge < -0.3 is 10.1 Å². The Morgan fingerprint density at radius 1 is 1.53 bits per heavy atom. The standard InChI is InChI=1S/C12H16N2O3/c15-14(16)11-4-1-3-10(7-11)8-13-9-12-5-2-6-17-12/h1,3-4,7,12-13H,2,5-6,8-9H2/t12-/m1/s1. The number of nitro benzene ring substituents is 1. The molecule has 1 aliphatic heterocycles. The maximum Gasteiger partial charge on any atom is 0.269 e. The predicted octanol–water partition coefficient (Wildman–Crippen LogP) is 1.86. The summed E-state index contributed by atoms with van der Waals surface area (Å²) in [5, 5.41) is 13.9. The minimum Gasteiger partial charge on any atom is -0.377 e. The first-order valence-corrected chi connectivity index (χ1v) is 5.81. The van der Waals surface area contributed by atoms with E-state index < -0.39 is 0 Å². The molecule has 0 aromatic heterocycles. The van der Waals surface area contributed by atoms with Crippen molar-refractivity contribution in [3.8, 4) is 0 Å². The van der Waals surface area contributed by atoms with Crippen molar-refractivity contribution in [2.75, 3.05) is 13.2 Å². The Morgan fingerprint density at radius 3 is 3.12 bits per heavy atom. The van der Waals surface area contributed by atoms with Crippen molar-refractivity contribution in [3.63, 3.8) is 0 Å². The highest BCUT2D eigenvalue weighted by Gasteiger charge is 2.14. The van der Waals surface area contributed by atoms with Crippen LogP contribution in [0.5, 0.6) is 0 Å². The van der Waals surface area contributed by atoms with E-state index in [0.717, 1.165) is 31.6 Å². The molecule has 1 saturated heterocycles. The van der Waals surface area contributed by atoms with Crippen molar-refractivity contribution in [1.29, 1.82) is 0 Å². The molecule has 1 atom stereocenters. The zero-order chi connectivity index (χ0) is 12.1. The fourth-order valence-electron chi connectivity index (χ4n) is 1.96. The molecule has 0 amide bonds. The number of nitro groups is 1. The normalized spacial score (nSPS) is 19.4. The molecule has 1 aliphatic rings. The van der Waals surface area contributed by atoms with Gasteiger partial charge >= 0.3 is 0 Å². The maximum atomic E-state index is 10.6. The molecule has 92 valence electrons. The van der Waals surface area contributed by atoms with Crippen molar-refractivity contribution in [2.45, 2.75) is 25.5 Å². The summed E-state index contributed by atoms with van der Waals surface area (Å²) in [5.41, 5.74) is 1.07. The van der Waals surface area contributed by atoms with Crippen LogP contribution in [-0.2, 0) is 11.3 Å². The van der Waals surface area contributed by atoms with Crippen LogP contribution in [0.25, 0.3) is 0 Å². The molecule has 0 spiro atoms. The summed E-state index contributed by atoms with van der Waals surface area (Å²) in [6, 6.07) is 6.70. The van der Waals surface area contributed by atoms with Crippen LogP contribution in [0.15, 0.2) is 24.3 Å². The van der Waals surface area contributed by atoms with Crippen molar-refractivity contribution in [1.82, 2.24) is 5.32 Å². The van der Waals surface area contributed by atoms with E-state index in [1.54, 1.807) is 12.1 Å². The Balaban J connectivity index is 1.81. The molecule has 0 aliphatic carbocycles. The number of hydrogen-bond donors (Lipinski definition) is 1. The monoisotopic (exact) mass is 236 g/mol. The fraction of sp³-hybridized carbons (Fsp3) is 0.500. The SMILES string of the molecule is O=[N+]([O-])c1cccc(CNC[C@H]2CCCO2)c1. The largest absolute Gasteiger partial charge is 0.377 e. The Hall–Kier alpha value is -1.46. The summed E-state index contributed by atoms with van der Waals surface area (Å²) in [6.45, 7) is 2.30. The van der Waals surface area contributed by atoms with Crippen LogP contribution in [0.1, 0.15) is 18.4 Å². The van der Waals surface area contributed by atoms with E-state index in [4.69, 9.17) is 4.74 Å². The van der Waals surface area contributed by atoms with Gasteiger partial charge in [-0.1, -0.05) is 12.1 Å². The highest BCUT2D eigenvalue weighted by atomic mass is 16.6. The van der Waals surface area contributed by atoms with Gasteiger partial charge in [0, 0.05) is 31.8 Å². The molecule has 1 heterocycles. The lowest BCUT2D eigenvalue weighted by Gasteiger charge is -2.10. The maximum absolute atomic E-state index is 10.6. The number of nitrogens with zero attached hydrogens (tertiary/aromatic N) is 1. The summed E-state index contributed by atoms with van der Waals surface area (Å²) in [4.78, 5) is 10.2. The average molecular weight is 236 g/mol. The fourth-order valence-corrected chi connectivity index (χ4v) is 1.96. The van der Waals surface area contributed by atoms with Crippen molar-refractivity contribution < 1.29 is 9.66 Å². The Labute approximate surface area is 99.9 Å².